The Labute approximate surface area is 210 Å². The third kappa shape index (κ3) is 5.28. The molecule has 0 bridgehead atoms. The van der Waals surface area contributed by atoms with Crippen molar-refractivity contribution in [1.82, 2.24) is 15.1 Å². The fraction of sp³-hybridized carbons (Fsp3) is 0.133. The van der Waals surface area contributed by atoms with Crippen molar-refractivity contribution in [3.8, 4) is 11.4 Å². The number of hydrogen-bond donors (Lipinski definition) is 1. The lowest BCUT2D eigenvalue weighted by atomic mass is 10.0. The van der Waals surface area contributed by atoms with Crippen molar-refractivity contribution in [2.75, 3.05) is 0 Å². The average molecular weight is 482 g/mol. The van der Waals surface area contributed by atoms with Crippen LogP contribution in [-0.4, -0.2) is 21.7 Å². The summed E-state index contributed by atoms with van der Waals surface area (Å²) in [6.07, 6.45) is 1.34. The van der Waals surface area contributed by atoms with Gasteiger partial charge in [0.1, 0.15) is 17.7 Å². The molecule has 0 aliphatic rings. The van der Waals surface area contributed by atoms with Gasteiger partial charge in [-0.25, -0.2) is 9.07 Å². The first-order valence-electron chi connectivity index (χ1n) is 11.4. The third-order valence-corrected chi connectivity index (χ3v) is 5.85. The number of rotatable bonds is 7. The van der Waals surface area contributed by atoms with Crippen LogP contribution in [-0.2, 0) is 0 Å². The van der Waals surface area contributed by atoms with E-state index in [1.165, 1.54) is 12.1 Å². The summed E-state index contributed by atoms with van der Waals surface area (Å²) in [4.78, 5) is 12.8. The molecule has 2 atom stereocenters. The summed E-state index contributed by atoms with van der Waals surface area (Å²) in [7, 11) is 0. The van der Waals surface area contributed by atoms with E-state index in [-0.39, 0.29) is 25.2 Å². The van der Waals surface area contributed by atoms with Crippen LogP contribution < -0.4 is 10.1 Å². The van der Waals surface area contributed by atoms with Crippen LogP contribution in [0.3, 0.4) is 0 Å². The molecule has 1 amide bonds. The number of amides is 1. The fourth-order valence-electron chi connectivity index (χ4n) is 4.08. The van der Waals surface area contributed by atoms with E-state index in [1.807, 2.05) is 73.7 Å². The highest BCUT2D eigenvalue weighted by atomic mass is 19.1. The van der Waals surface area contributed by atoms with Gasteiger partial charge < -0.3 is 10.1 Å². The van der Waals surface area contributed by atoms with E-state index in [0.29, 0.717) is 11.3 Å². The van der Waals surface area contributed by atoms with Crippen molar-refractivity contribution < 1.29 is 13.9 Å². The molecule has 0 unspecified atom stereocenters. The standard InChI is InChI=1S/C29H24FN3O2.CH4/c1-20(32-29(34)22-10-6-3-7-11-22)28(21-8-4-2-5-9-21)35-26-16-17-27-23(18-26)19-31-33(27)25-14-12-24(30)13-15-25;/h2-20,28H,1H3,(H,32,34);1H4/t20-,28-;/m0./s1. The largest absolute Gasteiger partial charge is 0.484 e. The highest BCUT2D eigenvalue weighted by Crippen LogP contribution is 2.29. The van der Waals surface area contributed by atoms with Crippen LogP contribution in [0.1, 0.15) is 36.4 Å². The van der Waals surface area contributed by atoms with Crippen LogP contribution in [0.15, 0.2) is 109 Å². The Morgan fingerprint density at radius 3 is 2.28 bits per heavy atom. The minimum atomic E-state index is -0.409. The van der Waals surface area contributed by atoms with Crippen molar-refractivity contribution in [2.45, 2.75) is 26.5 Å². The normalized spacial score (nSPS) is 12.4. The van der Waals surface area contributed by atoms with E-state index in [1.54, 1.807) is 35.1 Å². The van der Waals surface area contributed by atoms with E-state index in [0.717, 1.165) is 22.2 Å². The highest BCUT2D eigenvalue weighted by Gasteiger charge is 2.24. The molecule has 0 aliphatic heterocycles. The molecule has 4 aromatic carbocycles. The molecule has 6 heteroatoms. The molecule has 1 N–H and O–H groups in total. The number of carbonyl (C=O) groups excluding carboxylic acids is 1. The van der Waals surface area contributed by atoms with Gasteiger partial charge >= 0.3 is 0 Å². The van der Waals surface area contributed by atoms with Gasteiger partial charge in [-0.1, -0.05) is 56.0 Å². The molecular weight excluding hydrogens is 453 g/mol. The van der Waals surface area contributed by atoms with E-state index in [4.69, 9.17) is 4.74 Å². The van der Waals surface area contributed by atoms with E-state index >= 15 is 0 Å². The van der Waals surface area contributed by atoms with Crippen molar-refractivity contribution in [2.24, 2.45) is 0 Å². The Hall–Kier alpha value is -4.45. The van der Waals surface area contributed by atoms with Gasteiger partial charge in [-0.3, -0.25) is 4.79 Å². The topological polar surface area (TPSA) is 56.1 Å². The van der Waals surface area contributed by atoms with E-state index in [2.05, 4.69) is 10.4 Å². The number of ether oxygens (including phenoxy) is 1. The molecule has 1 aromatic heterocycles. The van der Waals surface area contributed by atoms with Gasteiger partial charge in [0.2, 0.25) is 0 Å². The summed E-state index contributed by atoms with van der Waals surface area (Å²) >= 11 is 0. The zero-order valence-electron chi connectivity index (χ0n) is 19.1. The Balaban J connectivity index is 0.00000304. The molecule has 0 aliphatic carbocycles. The molecule has 36 heavy (non-hydrogen) atoms. The molecule has 5 nitrogen and oxygen atoms in total. The lowest BCUT2D eigenvalue weighted by Gasteiger charge is -2.26. The number of nitrogens with one attached hydrogen (secondary N) is 1. The lowest BCUT2D eigenvalue weighted by molar-refractivity contribution is 0.0882. The number of carbonyl (C=O) groups is 1. The monoisotopic (exact) mass is 481 g/mol. The molecular formula is C30H28FN3O2. The Morgan fingerprint density at radius 1 is 0.917 bits per heavy atom. The molecule has 5 aromatic rings. The first kappa shape index (κ1) is 24.7. The van der Waals surface area contributed by atoms with Gasteiger partial charge in [0, 0.05) is 10.9 Å². The summed E-state index contributed by atoms with van der Waals surface area (Å²) < 4.78 is 21.5. The van der Waals surface area contributed by atoms with Crippen LogP contribution in [0.5, 0.6) is 5.75 Å². The predicted octanol–water partition coefficient (Wildman–Crippen LogP) is 6.74. The van der Waals surface area contributed by atoms with Crippen molar-refractivity contribution in [3.63, 3.8) is 0 Å². The number of halogens is 1. The highest BCUT2D eigenvalue weighted by molar-refractivity contribution is 5.94. The van der Waals surface area contributed by atoms with Crippen LogP contribution in [0.4, 0.5) is 4.39 Å². The quantitative estimate of drug-likeness (QED) is 0.280. The smallest absolute Gasteiger partial charge is 0.251 e. The maximum atomic E-state index is 13.3. The molecule has 0 fully saturated rings. The number of nitrogens with zero attached hydrogens (tertiary/aromatic N) is 2. The molecule has 0 radical (unpaired) electrons. The van der Waals surface area contributed by atoms with E-state index < -0.39 is 6.10 Å². The molecule has 0 saturated carbocycles. The summed E-state index contributed by atoms with van der Waals surface area (Å²) in [5.41, 5.74) is 3.20. The number of hydrogen-bond acceptors (Lipinski definition) is 3. The fourth-order valence-corrected chi connectivity index (χ4v) is 4.08. The van der Waals surface area contributed by atoms with Gasteiger partial charge in [-0.05, 0) is 67.1 Å². The van der Waals surface area contributed by atoms with Crippen LogP contribution in [0, 0.1) is 5.82 Å². The van der Waals surface area contributed by atoms with Gasteiger partial charge in [0.25, 0.3) is 5.91 Å². The molecule has 182 valence electrons. The van der Waals surface area contributed by atoms with Gasteiger partial charge in [-0.15, -0.1) is 0 Å². The summed E-state index contributed by atoms with van der Waals surface area (Å²) in [6, 6.07) is 30.6. The van der Waals surface area contributed by atoms with E-state index in [9.17, 15) is 9.18 Å². The van der Waals surface area contributed by atoms with Gasteiger partial charge in [0.05, 0.1) is 23.4 Å². The Morgan fingerprint density at radius 2 is 1.58 bits per heavy atom. The van der Waals surface area contributed by atoms with Gasteiger partial charge in [-0.2, -0.15) is 5.10 Å². The second-order valence-corrected chi connectivity index (χ2v) is 8.33. The minimum Gasteiger partial charge on any atom is -0.484 e. The molecule has 0 spiro atoms. The molecule has 5 rings (SSSR count). The van der Waals surface area contributed by atoms with Crippen LogP contribution in [0.2, 0.25) is 0 Å². The number of benzene rings is 4. The molecule has 1 heterocycles. The Kier molecular flexibility index (Phi) is 7.44. The SMILES string of the molecule is C.C[C@H](NC(=O)c1ccccc1)[C@H](Oc1ccc2c(cnn2-c2ccc(F)cc2)c1)c1ccccc1. The third-order valence-electron chi connectivity index (χ3n) is 5.85. The first-order chi connectivity index (χ1) is 17.1. The van der Waals surface area contributed by atoms with Crippen LogP contribution in [0.25, 0.3) is 16.6 Å². The zero-order valence-corrected chi connectivity index (χ0v) is 19.1. The average Bonchev–Trinajstić information content (AvgIpc) is 3.32. The van der Waals surface area contributed by atoms with Crippen molar-refractivity contribution in [1.29, 1.82) is 0 Å². The number of aromatic nitrogens is 2. The molecule has 0 saturated heterocycles. The maximum absolute atomic E-state index is 13.3. The van der Waals surface area contributed by atoms with Crippen LogP contribution >= 0.6 is 0 Å². The second-order valence-electron chi connectivity index (χ2n) is 8.33. The Bertz CT molecular complexity index is 1430. The lowest BCUT2D eigenvalue weighted by Crippen LogP contribution is -2.39. The van der Waals surface area contributed by atoms with Crippen molar-refractivity contribution in [3.05, 3.63) is 126 Å². The maximum Gasteiger partial charge on any atom is 0.251 e. The number of fused-ring (bicyclic) bond motifs is 1. The predicted molar refractivity (Wildman–Crippen MR) is 141 cm³/mol. The summed E-state index contributed by atoms with van der Waals surface area (Å²) in [6.45, 7) is 1.93. The van der Waals surface area contributed by atoms with Gasteiger partial charge in [0.15, 0.2) is 0 Å². The van der Waals surface area contributed by atoms with Crippen molar-refractivity contribution >= 4 is 16.8 Å². The second kappa shape index (κ2) is 10.9. The summed E-state index contributed by atoms with van der Waals surface area (Å²) in [5, 5.41) is 8.42. The summed E-state index contributed by atoms with van der Waals surface area (Å²) in [5.74, 6) is 0.214. The minimum absolute atomic E-state index is 0. The first-order valence-corrected chi connectivity index (χ1v) is 11.4. The zero-order chi connectivity index (χ0) is 24.2.